The number of carbonyl (C=O) groups is 1. The molecule has 6 rings (SSSR count). The Balaban J connectivity index is 1.10. The van der Waals surface area contributed by atoms with Crippen LogP contribution in [-0.4, -0.2) is 47.0 Å². The van der Waals surface area contributed by atoms with E-state index in [1.165, 1.54) is 6.07 Å². The van der Waals surface area contributed by atoms with Crippen molar-refractivity contribution in [3.05, 3.63) is 120 Å². The van der Waals surface area contributed by atoms with E-state index in [0.717, 1.165) is 71.0 Å². The van der Waals surface area contributed by atoms with E-state index in [9.17, 15) is 9.18 Å². The Hall–Kier alpha value is -4.62. The number of anilines is 2. The van der Waals surface area contributed by atoms with Crippen LogP contribution in [0.2, 0.25) is 0 Å². The molecule has 2 heterocycles. The van der Waals surface area contributed by atoms with E-state index >= 15 is 0 Å². The number of halogens is 1. The molecule has 1 aromatic heterocycles. The second-order valence-electron chi connectivity index (χ2n) is 10.1. The molecule has 1 amide bonds. The van der Waals surface area contributed by atoms with Crippen LogP contribution < -0.4 is 10.2 Å². The Morgan fingerprint density at radius 2 is 1.52 bits per heavy atom. The second kappa shape index (κ2) is 11.6. The number of amides is 1. The zero-order valence-electron chi connectivity index (χ0n) is 22.1. The average Bonchev–Trinajstić information content (AvgIpc) is 2.99. The molecule has 5 aromatic rings. The number of fused-ring (bicyclic) bond motifs is 1. The first kappa shape index (κ1) is 25.6. The summed E-state index contributed by atoms with van der Waals surface area (Å²) in [6.45, 7) is 3.91. The Morgan fingerprint density at radius 3 is 2.30 bits per heavy atom. The van der Waals surface area contributed by atoms with Crippen LogP contribution in [0.15, 0.2) is 103 Å². The number of nitrogens with one attached hydrogen (secondary N) is 1. The molecule has 4 aromatic carbocycles. The molecule has 0 spiro atoms. The third-order valence-corrected chi connectivity index (χ3v) is 7.29. The van der Waals surface area contributed by atoms with E-state index in [0.29, 0.717) is 13.0 Å². The molecule has 1 saturated heterocycles. The molecule has 200 valence electrons. The summed E-state index contributed by atoms with van der Waals surface area (Å²) in [5.41, 5.74) is 6.24. The van der Waals surface area contributed by atoms with Crippen molar-refractivity contribution in [2.45, 2.75) is 13.0 Å². The van der Waals surface area contributed by atoms with Crippen LogP contribution in [0.25, 0.3) is 22.2 Å². The third kappa shape index (κ3) is 6.00. The van der Waals surface area contributed by atoms with Crippen molar-refractivity contribution in [3.63, 3.8) is 0 Å². The quantitative estimate of drug-likeness (QED) is 0.282. The van der Waals surface area contributed by atoms with Gasteiger partial charge in [-0.15, -0.1) is 0 Å². The average molecular weight is 532 g/mol. The largest absolute Gasteiger partial charge is 0.353 e. The number of nitrogens with zero attached hydrogens (tertiary/aromatic N) is 4. The molecular weight excluding hydrogens is 501 g/mol. The van der Waals surface area contributed by atoms with Gasteiger partial charge in [-0.1, -0.05) is 66.7 Å². The molecule has 0 bridgehead atoms. The standard InChI is InChI=1S/C33H30FN5O/c34-29-9-5-4-8-27(29)23-38-16-18-39(19-17-38)32-22-35-30-15-12-26(21-31(30)37-32)25-10-13-28(14-11-25)36-33(40)20-24-6-2-1-3-7-24/h1-15,21-22H,16-20,23H2,(H,36,40). The molecule has 0 unspecified atom stereocenters. The first-order chi connectivity index (χ1) is 19.6. The minimum absolute atomic E-state index is 0.0412. The topological polar surface area (TPSA) is 61.4 Å². The van der Waals surface area contributed by atoms with Crippen molar-refractivity contribution in [1.82, 2.24) is 14.9 Å². The van der Waals surface area contributed by atoms with Gasteiger partial charge in [-0.3, -0.25) is 14.7 Å². The van der Waals surface area contributed by atoms with Gasteiger partial charge in [0.05, 0.1) is 23.7 Å². The fourth-order valence-electron chi connectivity index (χ4n) is 5.07. The third-order valence-electron chi connectivity index (χ3n) is 7.29. The number of rotatable bonds is 7. The van der Waals surface area contributed by atoms with Gasteiger partial charge >= 0.3 is 0 Å². The van der Waals surface area contributed by atoms with E-state index in [4.69, 9.17) is 4.98 Å². The fourth-order valence-corrected chi connectivity index (χ4v) is 5.07. The van der Waals surface area contributed by atoms with Gasteiger partial charge in [0, 0.05) is 44.0 Å². The first-order valence-corrected chi connectivity index (χ1v) is 13.5. The lowest BCUT2D eigenvalue weighted by atomic mass is 10.0. The van der Waals surface area contributed by atoms with Gasteiger partial charge in [-0.25, -0.2) is 9.37 Å². The molecule has 1 fully saturated rings. The lowest BCUT2D eigenvalue weighted by Crippen LogP contribution is -2.46. The van der Waals surface area contributed by atoms with Gasteiger partial charge in [-0.2, -0.15) is 0 Å². The van der Waals surface area contributed by atoms with Crippen molar-refractivity contribution in [2.75, 3.05) is 36.4 Å². The molecule has 0 aliphatic carbocycles. The molecule has 1 aliphatic heterocycles. The van der Waals surface area contributed by atoms with Crippen LogP contribution in [0.1, 0.15) is 11.1 Å². The number of hydrogen-bond donors (Lipinski definition) is 1. The highest BCUT2D eigenvalue weighted by Crippen LogP contribution is 2.26. The smallest absolute Gasteiger partial charge is 0.228 e. The van der Waals surface area contributed by atoms with Crippen molar-refractivity contribution < 1.29 is 9.18 Å². The van der Waals surface area contributed by atoms with Gasteiger partial charge in [0.25, 0.3) is 0 Å². The monoisotopic (exact) mass is 531 g/mol. The first-order valence-electron chi connectivity index (χ1n) is 13.5. The Labute approximate surface area is 233 Å². The minimum atomic E-state index is -0.149. The highest BCUT2D eigenvalue weighted by atomic mass is 19.1. The highest BCUT2D eigenvalue weighted by Gasteiger charge is 2.19. The van der Waals surface area contributed by atoms with Crippen LogP contribution in [-0.2, 0) is 17.8 Å². The second-order valence-corrected chi connectivity index (χ2v) is 10.1. The molecule has 0 saturated carbocycles. The van der Waals surface area contributed by atoms with E-state index in [1.54, 1.807) is 6.07 Å². The maximum absolute atomic E-state index is 14.1. The van der Waals surface area contributed by atoms with Gasteiger partial charge in [-0.05, 0) is 47.0 Å². The maximum atomic E-state index is 14.1. The van der Waals surface area contributed by atoms with E-state index in [-0.39, 0.29) is 11.7 Å². The summed E-state index contributed by atoms with van der Waals surface area (Å²) in [6, 6.07) is 30.6. The van der Waals surface area contributed by atoms with Crippen LogP contribution in [0, 0.1) is 5.82 Å². The predicted molar refractivity (Wildman–Crippen MR) is 158 cm³/mol. The molecule has 0 radical (unpaired) electrons. The highest BCUT2D eigenvalue weighted by molar-refractivity contribution is 5.92. The lowest BCUT2D eigenvalue weighted by Gasteiger charge is -2.35. The molecule has 40 heavy (non-hydrogen) atoms. The number of aromatic nitrogens is 2. The fraction of sp³-hybridized carbons (Fsp3) is 0.182. The van der Waals surface area contributed by atoms with Gasteiger partial charge in [0.15, 0.2) is 0 Å². The summed E-state index contributed by atoms with van der Waals surface area (Å²) in [5.74, 6) is 0.663. The minimum Gasteiger partial charge on any atom is -0.353 e. The normalized spacial score (nSPS) is 13.9. The van der Waals surface area contributed by atoms with E-state index in [2.05, 4.69) is 26.2 Å². The molecule has 1 N–H and O–H groups in total. The lowest BCUT2D eigenvalue weighted by molar-refractivity contribution is -0.115. The number of carbonyl (C=O) groups excluding carboxylic acids is 1. The molecule has 7 heteroatoms. The molecule has 0 atom stereocenters. The van der Waals surface area contributed by atoms with Crippen molar-refractivity contribution in [3.8, 4) is 11.1 Å². The van der Waals surface area contributed by atoms with Gasteiger partial charge in [0.2, 0.25) is 5.91 Å². The summed E-state index contributed by atoms with van der Waals surface area (Å²) in [5, 5.41) is 2.97. The maximum Gasteiger partial charge on any atom is 0.228 e. The van der Waals surface area contributed by atoms with Crippen LogP contribution in [0.5, 0.6) is 0 Å². The zero-order chi connectivity index (χ0) is 27.3. The Morgan fingerprint density at radius 1 is 0.800 bits per heavy atom. The predicted octanol–water partition coefficient (Wildman–Crippen LogP) is 5.94. The van der Waals surface area contributed by atoms with E-state index < -0.39 is 0 Å². The van der Waals surface area contributed by atoms with E-state index in [1.807, 2.05) is 85.1 Å². The zero-order valence-corrected chi connectivity index (χ0v) is 22.1. The van der Waals surface area contributed by atoms with Crippen LogP contribution in [0.4, 0.5) is 15.9 Å². The van der Waals surface area contributed by atoms with Crippen molar-refractivity contribution in [1.29, 1.82) is 0 Å². The molecule has 1 aliphatic rings. The molecule has 6 nitrogen and oxygen atoms in total. The van der Waals surface area contributed by atoms with Crippen molar-refractivity contribution in [2.24, 2.45) is 0 Å². The summed E-state index contributed by atoms with van der Waals surface area (Å²) in [7, 11) is 0. The number of piperazine rings is 1. The SMILES string of the molecule is O=C(Cc1ccccc1)Nc1ccc(-c2ccc3ncc(N4CCN(Cc5ccccc5F)CC4)nc3c2)cc1. The Bertz CT molecular complexity index is 1620. The number of benzene rings is 4. The van der Waals surface area contributed by atoms with Crippen LogP contribution >= 0.6 is 0 Å². The Kier molecular flexibility index (Phi) is 7.46. The summed E-state index contributed by atoms with van der Waals surface area (Å²) < 4.78 is 14.1. The van der Waals surface area contributed by atoms with Gasteiger partial charge in [0.1, 0.15) is 11.6 Å². The number of hydrogen-bond acceptors (Lipinski definition) is 5. The molecular formula is C33H30FN5O. The summed E-state index contributed by atoms with van der Waals surface area (Å²) in [4.78, 5) is 26.5. The van der Waals surface area contributed by atoms with Crippen molar-refractivity contribution >= 4 is 28.4 Å². The van der Waals surface area contributed by atoms with Crippen LogP contribution in [0.3, 0.4) is 0 Å². The summed E-state index contributed by atoms with van der Waals surface area (Å²) >= 11 is 0. The summed E-state index contributed by atoms with van der Waals surface area (Å²) in [6.07, 6.45) is 2.18. The van der Waals surface area contributed by atoms with Gasteiger partial charge < -0.3 is 10.2 Å².